The zero-order chi connectivity index (χ0) is 42.2. The normalized spacial score (nSPS) is 41.0. The van der Waals surface area contributed by atoms with Gasteiger partial charge < -0.3 is 49.0 Å². The molecule has 2 saturated heterocycles. The van der Waals surface area contributed by atoms with Gasteiger partial charge in [0.15, 0.2) is 0 Å². The van der Waals surface area contributed by atoms with Gasteiger partial charge in [-0.2, -0.15) is 0 Å². The summed E-state index contributed by atoms with van der Waals surface area (Å²) in [5, 5.41) is 45.0. The molecule has 0 spiro atoms. The molecule has 1 amide bonds. The van der Waals surface area contributed by atoms with Crippen LogP contribution in [-0.4, -0.2) is 137 Å². The number of carbonyl (C=O) groups is 4. The van der Waals surface area contributed by atoms with Crippen molar-refractivity contribution in [3.05, 3.63) is 36.0 Å². The van der Waals surface area contributed by atoms with Crippen molar-refractivity contribution in [1.82, 2.24) is 4.90 Å². The van der Waals surface area contributed by atoms with Crippen molar-refractivity contribution in [2.45, 2.75) is 159 Å². The maximum absolute atomic E-state index is 14.3. The largest absolute Gasteiger partial charge is 0.456 e. The van der Waals surface area contributed by atoms with Crippen LogP contribution in [0.15, 0.2) is 36.0 Å². The predicted octanol–water partition coefficient (Wildman–Crippen LogP) is 3.36. The summed E-state index contributed by atoms with van der Waals surface area (Å²) in [4.78, 5) is 57.4. The molecule has 57 heavy (non-hydrogen) atoms. The lowest BCUT2D eigenvalue weighted by Crippen LogP contribution is -2.67. The fourth-order valence-corrected chi connectivity index (χ4v) is 9.19. The molecule has 2 bridgehead atoms. The van der Waals surface area contributed by atoms with E-state index in [0.29, 0.717) is 56.9 Å². The number of aliphatic hydroxyl groups excluding tert-OH is 3. The first-order valence-electron chi connectivity index (χ1n) is 20.6. The number of piperidine rings is 1. The minimum atomic E-state index is -2.95. The van der Waals surface area contributed by atoms with Crippen molar-refractivity contribution in [3.8, 4) is 0 Å². The molecular formula is C43H67NO13. The van der Waals surface area contributed by atoms with Crippen LogP contribution in [0.4, 0.5) is 0 Å². The van der Waals surface area contributed by atoms with Gasteiger partial charge in [0.05, 0.1) is 30.5 Å². The fraction of sp³-hybridized carbons (Fsp3) is 0.767. The number of rotatable bonds is 7. The number of methoxy groups -OCH3 is 3. The zero-order valence-corrected chi connectivity index (χ0v) is 34.8. The first-order valence-corrected chi connectivity index (χ1v) is 20.6. The van der Waals surface area contributed by atoms with Crippen LogP contribution in [0.25, 0.3) is 0 Å². The van der Waals surface area contributed by atoms with E-state index in [2.05, 4.69) is 6.58 Å². The summed E-state index contributed by atoms with van der Waals surface area (Å²) in [6.45, 7) is 11.3. The van der Waals surface area contributed by atoms with E-state index < -0.39 is 84.1 Å². The number of amides is 1. The van der Waals surface area contributed by atoms with Gasteiger partial charge in [0.25, 0.3) is 17.5 Å². The van der Waals surface area contributed by atoms with Crippen LogP contribution in [0.2, 0.25) is 0 Å². The van der Waals surface area contributed by atoms with Crippen LogP contribution >= 0.6 is 0 Å². The Kier molecular flexibility index (Phi) is 17.2. The summed E-state index contributed by atoms with van der Waals surface area (Å²) in [6.07, 6.45) is 1.54. The highest BCUT2D eigenvalue weighted by atomic mass is 16.7. The van der Waals surface area contributed by atoms with Crippen LogP contribution in [-0.2, 0) is 42.9 Å². The number of cyclic esters (lactones) is 1. The van der Waals surface area contributed by atoms with E-state index in [0.717, 1.165) is 10.5 Å². The Morgan fingerprint density at radius 2 is 1.60 bits per heavy atom. The molecular weight excluding hydrogens is 738 g/mol. The molecule has 0 aromatic carbocycles. The Morgan fingerprint density at radius 1 is 0.930 bits per heavy atom. The molecule has 4 N–H and O–H groups in total. The minimum Gasteiger partial charge on any atom is -0.456 e. The van der Waals surface area contributed by atoms with Crippen LogP contribution in [0.5, 0.6) is 0 Å². The van der Waals surface area contributed by atoms with E-state index in [1.807, 2.05) is 26.0 Å². The molecule has 322 valence electrons. The van der Waals surface area contributed by atoms with E-state index in [9.17, 15) is 39.6 Å². The molecule has 1 aliphatic carbocycles. The third kappa shape index (κ3) is 11.3. The number of aliphatic hydroxyl groups is 4. The van der Waals surface area contributed by atoms with Crippen molar-refractivity contribution >= 4 is 23.4 Å². The Hall–Kier alpha value is -2.82. The van der Waals surface area contributed by atoms with E-state index in [1.165, 1.54) is 14.2 Å². The van der Waals surface area contributed by atoms with Gasteiger partial charge in [0, 0.05) is 52.6 Å². The molecule has 0 aromatic rings. The van der Waals surface area contributed by atoms with Gasteiger partial charge in [-0.3, -0.25) is 14.4 Å². The lowest BCUT2D eigenvalue weighted by molar-refractivity contribution is -0.316. The highest BCUT2D eigenvalue weighted by Crippen LogP contribution is 2.37. The molecule has 14 heteroatoms. The van der Waals surface area contributed by atoms with Gasteiger partial charge in [0.1, 0.15) is 30.1 Å². The molecule has 0 aromatic heterocycles. The molecule has 3 heterocycles. The number of nitrogens with zero attached hydrogens (tertiary/aromatic N) is 1. The average Bonchev–Trinajstić information content (AvgIpc) is 3.18. The highest BCUT2D eigenvalue weighted by Gasteiger charge is 2.58. The van der Waals surface area contributed by atoms with Crippen molar-refractivity contribution < 1.29 is 63.3 Å². The number of carbonyl (C=O) groups excluding carboxylic acids is 4. The monoisotopic (exact) mass is 805 g/mol. The van der Waals surface area contributed by atoms with Gasteiger partial charge in [-0.15, -0.1) is 6.58 Å². The number of fused-ring (bicyclic) bond motifs is 3. The lowest BCUT2D eigenvalue weighted by atomic mass is 9.81. The summed E-state index contributed by atoms with van der Waals surface area (Å²) < 4.78 is 29.2. The third-order valence-electron chi connectivity index (χ3n) is 12.5. The quantitative estimate of drug-likeness (QED) is 0.166. The molecule has 1 saturated carbocycles. The maximum Gasteiger partial charge on any atom is 0.329 e. The SMILES string of the molecule is C=CC[C@@H]1/C=C(\C)C[C@H](C)C[C@H](OC)[C@H]2O[C@@](O)(C(=O)C(=O)N3CCCC[C@H]3C(=O)O[C@H](/C(C)=C/[C@@H]3CC[C@@H](O)[C@H](OC)C3)[C@H](C)[C@@H](O)CC1=O)[C@H](O)C[C@@H]2OC. The molecule has 14 atom stereocenters. The van der Waals surface area contributed by atoms with Crippen LogP contribution in [0, 0.1) is 23.7 Å². The number of hydrogen-bond donors (Lipinski definition) is 4. The molecule has 3 fully saturated rings. The molecule has 14 nitrogen and oxygen atoms in total. The van der Waals surface area contributed by atoms with Gasteiger partial charge in [-0.05, 0) is 89.0 Å². The number of ether oxygens (including phenoxy) is 5. The second kappa shape index (κ2) is 20.9. The predicted molar refractivity (Wildman–Crippen MR) is 209 cm³/mol. The van der Waals surface area contributed by atoms with E-state index >= 15 is 0 Å². The average molecular weight is 806 g/mol. The zero-order valence-electron chi connectivity index (χ0n) is 34.8. The minimum absolute atomic E-state index is 0.00483. The Bertz CT molecular complexity index is 1480. The molecule has 0 unspecified atom stereocenters. The highest BCUT2D eigenvalue weighted by molar-refractivity contribution is 6.39. The Morgan fingerprint density at radius 3 is 2.25 bits per heavy atom. The van der Waals surface area contributed by atoms with Gasteiger partial charge in [-0.25, -0.2) is 4.79 Å². The van der Waals surface area contributed by atoms with Crippen LogP contribution < -0.4 is 0 Å². The second-order valence-corrected chi connectivity index (χ2v) is 16.9. The molecule has 4 aliphatic rings. The summed E-state index contributed by atoms with van der Waals surface area (Å²) >= 11 is 0. The second-order valence-electron chi connectivity index (χ2n) is 16.9. The smallest absolute Gasteiger partial charge is 0.329 e. The van der Waals surface area contributed by atoms with Gasteiger partial charge >= 0.3 is 5.97 Å². The molecule has 3 aliphatic heterocycles. The number of Topliss-reactive ketones (excluding diaryl/α,β-unsaturated/α-hetero) is 2. The lowest BCUT2D eigenvalue weighted by Gasteiger charge is -2.46. The fourth-order valence-electron chi connectivity index (χ4n) is 9.19. The summed E-state index contributed by atoms with van der Waals surface area (Å²) in [5.74, 6) is -8.02. The summed E-state index contributed by atoms with van der Waals surface area (Å²) in [7, 11) is 4.42. The number of ketones is 2. The van der Waals surface area contributed by atoms with E-state index in [1.54, 1.807) is 27.0 Å². The Labute approximate surface area is 337 Å². The topological polar surface area (TPSA) is 199 Å². The Balaban J connectivity index is 1.78. The van der Waals surface area contributed by atoms with Gasteiger partial charge in [-0.1, -0.05) is 37.6 Å². The first kappa shape index (κ1) is 46.9. The van der Waals surface area contributed by atoms with E-state index in [4.69, 9.17) is 23.7 Å². The number of hydrogen-bond acceptors (Lipinski definition) is 13. The van der Waals surface area contributed by atoms with E-state index in [-0.39, 0.29) is 49.5 Å². The summed E-state index contributed by atoms with van der Waals surface area (Å²) in [5.41, 5.74) is 1.54. The molecule has 0 radical (unpaired) electrons. The third-order valence-corrected chi connectivity index (χ3v) is 12.5. The van der Waals surface area contributed by atoms with Crippen molar-refractivity contribution in [1.29, 1.82) is 0 Å². The number of esters is 1. The van der Waals surface area contributed by atoms with Gasteiger partial charge in [0.2, 0.25) is 0 Å². The van der Waals surface area contributed by atoms with Crippen molar-refractivity contribution in [2.24, 2.45) is 23.7 Å². The molecule has 4 rings (SSSR count). The summed E-state index contributed by atoms with van der Waals surface area (Å²) in [6, 6.07) is -1.22. The van der Waals surface area contributed by atoms with Crippen LogP contribution in [0.1, 0.15) is 98.3 Å². The van der Waals surface area contributed by atoms with Crippen LogP contribution in [0.3, 0.4) is 0 Å². The van der Waals surface area contributed by atoms with Crippen molar-refractivity contribution in [3.63, 3.8) is 0 Å². The standard InChI is InChI=1S/C43H67NO13/c1-9-12-29-18-24(2)17-25(3)19-35(54-7)39-36(55-8)23-37(48)43(52,57-39)40(49)41(50)44-16-11-10-13-30(44)42(51)56-38(27(5)32(46)22-33(29)47)26(4)20-28-14-15-31(45)34(21-28)53-6/h9,18,20,25,27-32,34-39,45-46,48,52H,1,10-17,19,21-23H2,2-8H3/b24-18+,26-20+/t25-,27+,28-,29+,30-,31+,32-,34+,35-,36-,37+,38+,39+,43+/m0/s1. The first-order chi connectivity index (χ1) is 27.0. The maximum atomic E-state index is 14.3. The van der Waals surface area contributed by atoms with Crippen molar-refractivity contribution in [2.75, 3.05) is 27.9 Å². The number of allylic oxidation sites excluding steroid dienone is 4.